The van der Waals surface area contributed by atoms with Crippen LogP contribution in [-0.4, -0.2) is 0 Å². The third-order valence-electron chi connectivity index (χ3n) is 4.08. The first-order valence-corrected chi connectivity index (χ1v) is 10.1. The molecule has 0 fully saturated rings. The van der Waals surface area contributed by atoms with Gasteiger partial charge in [0.15, 0.2) is 0 Å². The number of allylic oxidation sites excluding steroid dienone is 1. The van der Waals surface area contributed by atoms with Crippen LogP contribution in [0.2, 0.25) is 0 Å². The topological polar surface area (TPSA) is 0 Å². The van der Waals surface area contributed by atoms with E-state index in [0.717, 1.165) is 24.1 Å². The molecule has 2 aromatic rings. The first-order valence-electron chi connectivity index (χ1n) is 8.13. The molecule has 0 aromatic heterocycles. The smallest absolute Gasteiger partial charge is 0.206 e. The molecule has 0 heterocycles. The maximum absolute atomic E-state index is 13.4. The van der Waals surface area contributed by atoms with Crippen molar-refractivity contribution in [2.24, 2.45) is 0 Å². The van der Waals surface area contributed by atoms with Gasteiger partial charge in [0.2, 0.25) is 0 Å². The second-order valence-electron chi connectivity index (χ2n) is 6.40. The van der Waals surface area contributed by atoms with Gasteiger partial charge in [-0.3, -0.25) is 0 Å². The van der Waals surface area contributed by atoms with E-state index in [9.17, 15) is 17.6 Å². The summed E-state index contributed by atoms with van der Waals surface area (Å²) < 4.78 is 53.2. The SMILES string of the molecule is C=C(S/C=C(\C)Cc1cc(C)c(I)cc1C)c1ccc(F)c(C(F)(F)F)c1. The van der Waals surface area contributed by atoms with Crippen molar-refractivity contribution in [1.82, 2.24) is 0 Å². The van der Waals surface area contributed by atoms with E-state index >= 15 is 0 Å². The van der Waals surface area contributed by atoms with Crippen molar-refractivity contribution in [3.05, 3.63) is 85.1 Å². The fraction of sp³-hybridized carbons (Fsp3) is 0.238. The lowest BCUT2D eigenvalue weighted by molar-refractivity contribution is -0.140. The molecule has 0 aliphatic rings. The Kier molecular flexibility index (Phi) is 7.19. The van der Waals surface area contributed by atoms with Crippen LogP contribution in [-0.2, 0) is 12.6 Å². The highest BCUT2D eigenvalue weighted by atomic mass is 127. The van der Waals surface area contributed by atoms with E-state index in [1.54, 1.807) is 0 Å². The normalized spacial score (nSPS) is 12.4. The monoisotopic (exact) mass is 506 g/mol. The Balaban J connectivity index is 2.13. The predicted molar refractivity (Wildman–Crippen MR) is 114 cm³/mol. The zero-order chi connectivity index (χ0) is 20.4. The largest absolute Gasteiger partial charge is 0.419 e. The number of thioether (sulfide) groups is 1. The van der Waals surface area contributed by atoms with Crippen LogP contribution >= 0.6 is 34.4 Å². The second-order valence-corrected chi connectivity index (χ2v) is 8.53. The molecule has 0 N–H and O–H groups in total. The molecule has 0 atom stereocenters. The minimum atomic E-state index is -4.73. The average Bonchev–Trinajstić information content (AvgIpc) is 2.57. The molecule has 0 radical (unpaired) electrons. The number of benzene rings is 2. The third kappa shape index (κ3) is 5.85. The Morgan fingerprint density at radius 3 is 2.44 bits per heavy atom. The van der Waals surface area contributed by atoms with Crippen molar-refractivity contribution in [1.29, 1.82) is 0 Å². The predicted octanol–water partition coefficient (Wildman–Crippen LogP) is 7.92. The van der Waals surface area contributed by atoms with Crippen LogP contribution in [0.15, 0.2) is 47.9 Å². The van der Waals surface area contributed by atoms with Crippen LogP contribution in [0.3, 0.4) is 0 Å². The molecule has 144 valence electrons. The Labute approximate surface area is 174 Å². The standard InChI is InChI=1S/C21H19F4IS/c1-12(7-17-8-14(3)20(26)9-13(17)2)11-27-15(4)16-5-6-19(22)18(10-16)21(23,24)25/h5-6,8-11H,4,7H2,1-3H3/b12-11+. The van der Waals surface area contributed by atoms with Gasteiger partial charge in [-0.05, 0) is 95.6 Å². The Bertz CT molecular complexity index is 898. The Hall–Kier alpha value is -1.28. The highest BCUT2D eigenvalue weighted by Gasteiger charge is 2.34. The lowest BCUT2D eigenvalue weighted by Gasteiger charge is -2.11. The van der Waals surface area contributed by atoms with Crippen molar-refractivity contribution in [3.8, 4) is 0 Å². The summed E-state index contributed by atoms with van der Waals surface area (Å²) in [5.74, 6) is -1.28. The summed E-state index contributed by atoms with van der Waals surface area (Å²) in [4.78, 5) is 0.440. The van der Waals surface area contributed by atoms with Crippen molar-refractivity contribution < 1.29 is 17.6 Å². The summed E-state index contributed by atoms with van der Waals surface area (Å²) in [5, 5.41) is 1.88. The van der Waals surface area contributed by atoms with E-state index in [1.807, 2.05) is 12.3 Å². The van der Waals surface area contributed by atoms with Crippen LogP contribution in [0, 0.1) is 23.2 Å². The van der Waals surface area contributed by atoms with Gasteiger partial charge in [0.1, 0.15) is 5.82 Å². The molecular formula is C21H19F4IS. The Morgan fingerprint density at radius 2 is 1.81 bits per heavy atom. The minimum Gasteiger partial charge on any atom is -0.206 e. The summed E-state index contributed by atoms with van der Waals surface area (Å²) in [6.45, 7) is 9.92. The van der Waals surface area contributed by atoms with Crippen molar-refractivity contribution in [2.45, 2.75) is 33.4 Å². The molecule has 0 aliphatic carbocycles. The lowest BCUT2D eigenvalue weighted by atomic mass is 10.00. The van der Waals surface area contributed by atoms with Gasteiger partial charge >= 0.3 is 6.18 Å². The fourth-order valence-electron chi connectivity index (χ4n) is 2.53. The van der Waals surface area contributed by atoms with E-state index in [2.05, 4.69) is 55.2 Å². The molecular weight excluding hydrogens is 487 g/mol. The van der Waals surface area contributed by atoms with Crippen molar-refractivity contribution in [2.75, 3.05) is 0 Å². The molecule has 27 heavy (non-hydrogen) atoms. The molecule has 0 saturated heterocycles. The fourth-order valence-corrected chi connectivity index (χ4v) is 3.84. The van der Waals surface area contributed by atoms with Crippen LogP contribution < -0.4 is 0 Å². The number of halogens is 5. The van der Waals surface area contributed by atoms with E-state index in [4.69, 9.17) is 0 Å². The van der Waals surface area contributed by atoms with Crippen LogP contribution in [0.1, 0.15) is 34.7 Å². The molecule has 0 aliphatic heterocycles. The first-order chi connectivity index (χ1) is 12.5. The zero-order valence-electron chi connectivity index (χ0n) is 15.2. The molecule has 2 aromatic carbocycles. The van der Waals surface area contributed by atoms with Crippen molar-refractivity contribution >= 4 is 39.3 Å². The average molecular weight is 506 g/mol. The third-order valence-corrected chi connectivity index (χ3v) is 6.29. The van der Waals surface area contributed by atoms with Crippen LogP contribution in [0.25, 0.3) is 4.91 Å². The summed E-state index contributed by atoms with van der Waals surface area (Å²) >= 11 is 3.55. The van der Waals surface area contributed by atoms with Gasteiger partial charge in [-0.1, -0.05) is 36.0 Å². The van der Waals surface area contributed by atoms with E-state index in [0.29, 0.717) is 4.91 Å². The number of alkyl halides is 3. The maximum Gasteiger partial charge on any atom is 0.419 e. The second kappa shape index (κ2) is 8.82. The van der Waals surface area contributed by atoms with Gasteiger partial charge in [-0.15, -0.1) is 0 Å². The molecule has 0 spiro atoms. The molecule has 0 amide bonds. The molecule has 6 heteroatoms. The summed E-state index contributed by atoms with van der Waals surface area (Å²) in [6, 6.07) is 7.25. The van der Waals surface area contributed by atoms with Gasteiger partial charge in [0.25, 0.3) is 0 Å². The van der Waals surface area contributed by atoms with E-state index in [-0.39, 0.29) is 5.56 Å². The molecule has 0 bridgehead atoms. The maximum atomic E-state index is 13.4. The highest BCUT2D eigenvalue weighted by molar-refractivity contribution is 14.1. The minimum absolute atomic E-state index is 0.263. The molecule has 0 nitrogen and oxygen atoms in total. The van der Waals surface area contributed by atoms with Gasteiger partial charge in [0.05, 0.1) is 5.56 Å². The first kappa shape index (κ1) is 22.0. The zero-order valence-corrected chi connectivity index (χ0v) is 18.2. The molecule has 0 unspecified atom stereocenters. The van der Waals surface area contributed by atoms with E-state index < -0.39 is 17.6 Å². The van der Waals surface area contributed by atoms with Gasteiger partial charge in [0, 0.05) is 8.48 Å². The van der Waals surface area contributed by atoms with E-state index in [1.165, 1.54) is 38.1 Å². The number of aryl methyl sites for hydroxylation is 2. The Morgan fingerprint density at radius 1 is 1.15 bits per heavy atom. The van der Waals surface area contributed by atoms with Gasteiger partial charge < -0.3 is 0 Å². The molecule has 0 saturated carbocycles. The number of rotatable bonds is 5. The van der Waals surface area contributed by atoms with Gasteiger partial charge in [-0.2, -0.15) is 13.2 Å². The summed E-state index contributed by atoms with van der Waals surface area (Å²) in [7, 11) is 0. The lowest BCUT2D eigenvalue weighted by Crippen LogP contribution is -2.08. The van der Waals surface area contributed by atoms with Crippen molar-refractivity contribution in [3.63, 3.8) is 0 Å². The molecule has 2 rings (SSSR count). The summed E-state index contributed by atoms with van der Waals surface area (Å²) in [6.07, 6.45) is -3.97. The van der Waals surface area contributed by atoms with Crippen LogP contribution in [0.5, 0.6) is 0 Å². The number of hydrogen-bond acceptors (Lipinski definition) is 1. The highest BCUT2D eigenvalue weighted by Crippen LogP contribution is 2.35. The van der Waals surface area contributed by atoms with Gasteiger partial charge in [-0.25, -0.2) is 4.39 Å². The number of hydrogen-bond donors (Lipinski definition) is 0. The summed E-state index contributed by atoms with van der Waals surface area (Å²) in [5.41, 5.74) is 3.70. The quantitative estimate of drug-likeness (QED) is 0.293. The van der Waals surface area contributed by atoms with Crippen LogP contribution in [0.4, 0.5) is 17.6 Å².